The Morgan fingerprint density at radius 2 is 1.36 bits per heavy atom. The van der Waals surface area contributed by atoms with Crippen molar-refractivity contribution in [2.24, 2.45) is 0 Å². The molecule has 0 unspecified atom stereocenters. The van der Waals surface area contributed by atoms with Crippen LogP contribution in [0.1, 0.15) is 31.9 Å². The van der Waals surface area contributed by atoms with Crippen LogP contribution in [-0.4, -0.2) is 13.1 Å². The van der Waals surface area contributed by atoms with E-state index in [4.69, 9.17) is 4.98 Å². The fourth-order valence-electron chi connectivity index (χ4n) is 5.46. The van der Waals surface area contributed by atoms with Crippen LogP contribution in [0.25, 0.3) is 22.9 Å². The number of halogens is 1. The van der Waals surface area contributed by atoms with Gasteiger partial charge in [-0.1, -0.05) is 124 Å². The fraction of sp³-hybridized carbons (Fsp3) is 0.121. The van der Waals surface area contributed by atoms with Crippen molar-refractivity contribution in [3.8, 4) is 0 Å². The zero-order valence-electron chi connectivity index (χ0n) is 20.9. The van der Waals surface area contributed by atoms with Crippen molar-refractivity contribution in [3.05, 3.63) is 132 Å². The van der Waals surface area contributed by atoms with Gasteiger partial charge in [0.1, 0.15) is 5.82 Å². The first-order chi connectivity index (χ1) is 17.4. The summed E-state index contributed by atoms with van der Waals surface area (Å²) in [5.41, 5.74) is 2.14. The summed E-state index contributed by atoms with van der Waals surface area (Å²) >= 11 is 0. The van der Waals surface area contributed by atoms with Gasteiger partial charge < -0.3 is 0 Å². The minimum absolute atomic E-state index is 0.0920. The van der Waals surface area contributed by atoms with Crippen LogP contribution in [-0.2, 0) is 0 Å². The standard InChI is InChI=1S/C33H30FNSi/c1-33(2,3)36(29-13-5-4-6-14-29,32-30-15-9-7-11-26(30)23-24-35-32)31-16-10-8-12-27(31)20-17-25-18-21-28(34)22-19-25/h4-24H,1-3H3/b20-17+/t36-/m1/s1. The third kappa shape index (κ3) is 4.20. The number of fused-ring (bicyclic) bond motifs is 1. The Hall–Kier alpha value is -3.82. The molecule has 5 rings (SSSR count). The highest BCUT2D eigenvalue weighted by atomic mass is 28.3. The van der Waals surface area contributed by atoms with Crippen molar-refractivity contribution in [2.45, 2.75) is 25.8 Å². The van der Waals surface area contributed by atoms with Crippen molar-refractivity contribution >= 4 is 46.7 Å². The molecule has 0 bridgehead atoms. The normalized spacial score (nSPS) is 13.7. The number of rotatable bonds is 5. The van der Waals surface area contributed by atoms with Crippen LogP contribution in [0.15, 0.2) is 115 Å². The molecule has 3 heteroatoms. The van der Waals surface area contributed by atoms with Crippen molar-refractivity contribution in [2.75, 3.05) is 0 Å². The van der Waals surface area contributed by atoms with Crippen LogP contribution >= 0.6 is 0 Å². The van der Waals surface area contributed by atoms with E-state index in [-0.39, 0.29) is 10.9 Å². The van der Waals surface area contributed by atoms with Crippen LogP contribution < -0.4 is 15.7 Å². The molecule has 1 aromatic heterocycles. The number of hydrogen-bond donors (Lipinski definition) is 0. The Labute approximate surface area is 214 Å². The van der Waals surface area contributed by atoms with Gasteiger partial charge in [0, 0.05) is 11.5 Å². The van der Waals surface area contributed by atoms with Gasteiger partial charge >= 0.3 is 0 Å². The molecule has 36 heavy (non-hydrogen) atoms. The Bertz CT molecular complexity index is 1510. The first kappa shape index (κ1) is 23.9. The van der Waals surface area contributed by atoms with Gasteiger partial charge in [0.2, 0.25) is 0 Å². The van der Waals surface area contributed by atoms with E-state index in [1.54, 1.807) is 0 Å². The lowest BCUT2D eigenvalue weighted by Crippen LogP contribution is -2.73. The summed E-state index contributed by atoms with van der Waals surface area (Å²) in [6.07, 6.45) is 6.21. The molecule has 1 heterocycles. The summed E-state index contributed by atoms with van der Waals surface area (Å²) in [6.45, 7) is 7.07. The SMILES string of the molecule is CC(C)(C)[Si@](c1ccccc1)(c1ccccc1/C=C/c1ccc(F)cc1)c1nccc2ccccc12. The minimum atomic E-state index is -2.70. The minimum Gasteiger partial charge on any atom is -0.265 e. The molecule has 0 aliphatic carbocycles. The largest absolute Gasteiger partial charge is 0.265 e. The van der Waals surface area contributed by atoms with Crippen molar-refractivity contribution in [3.63, 3.8) is 0 Å². The number of hydrogen-bond acceptors (Lipinski definition) is 1. The van der Waals surface area contributed by atoms with Crippen LogP contribution in [0, 0.1) is 5.82 Å². The lowest BCUT2D eigenvalue weighted by atomic mass is 10.1. The lowest BCUT2D eigenvalue weighted by Gasteiger charge is -2.44. The van der Waals surface area contributed by atoms with Gasteiger partial charge in [0.25, 0.3) is 0 Å². The highest BCUT2D eigenvalue weighted by molar-refractivity contribution is 7.14. The van der Waals surface area contributed by atoms with E-state index >= 15 is 0 Å². The molecule has 4 aromatic carbocycles. The van der Waals surface area contributed by atoms with Crippen LogP contribution in [0.2, 0.25) is 5.04 Å². The third-order valence-corrected chi connectivity index (χ3v) is 12.9. The van der Waals surface area contributed by atoms with Gasteiger partial charge in [-0.15, -0.1) is 0 Å². The second-order valence-corrected chi connectivity index (χ2v) is 14.8. The van der Waals surface area contributed by atoms with Crippen molar-refractivity contribution in [1.29, 1.82) is 0 Å². The number of nitrogens with zero attached hydrogens (tertiary/aromatic N) is 1. The van der Waals surface area contributed by atoms with E-state index in [0.29, 0.717) is 0 Å². The van der Waals surface area contributed by atoms with E-state index in [2.05, 4.69) is 118 Å². The summed E-state index contributed by atoms with van der Waals surface area (Å²) in [4.78, 5) is 5.16. The van der Waals surface area contributed by atoms with Gasteiger partial charge in [-0.05, 0) is 55.5 Å². The zero-order chi connectivity index (χ0) is 25.2. The topological polar surface area (TPSA) is 12.9 Å². The fourth-order valence-corrected chi connectivity index (χ4v) is 11.2. The van der Waals surface area contributed by atoms with E-state index in [1.807, 2.05) is 18.3 Å². The monoisotopic (exact) mass is 487 g/mol. The summed E-state index contributed by atoms with van der Waals surface area (Å²) in [6, 6.07) is 37.0. The maximum absolute atomic E-state index is 13.5. The summed E-state index contributed by atoms with van der Waals surface area (Å²) in [5, 5.41) is 6.17. The molecule has 0 amide bonds. The molecule has 1 nitrogen and oxygen atoms in total. The summed E-state index contributed by atoms with van der Waals surface area (Å²) in [7, 11) is -2.70. The molecule has 0 saturated carbocycles. The van der Waals surface area contributed by atoms with Crippen LogP contribution in [0.5, 0.6) is 0 Å². The molecule has 0 spiro atoms. The maximum Gasteiger partial charge on any atom is 0.178 e. The van der Waals surface area contributed by atoms with Gasteiger partial charge in [-0.3, -0.25) is 4.98 Å². The molecule has 1 atom stereocenters. The molecule has 0 aliphatic rings. The van der Waals surface area contributed by atoms with Gasteiger partial charge in [-0.25, -0.2) is 4.39 Å². The Kier molecular flexibility index (Phi) is 6.42. The third-order valence-electron chi connectivity index (χ3n) is 7.05. The molecule has 0 fully saturated rings. The molecule has 0 N–H and O–H groups in total. The molecular weight excluding hydrogens is 457 g/mol. The Morgan fingerprint density at radius 3 is 2.11 bits per heavy atom. The van der Waals surface area contributed by atoms with E-state index in [1.165, 1.54) is 44.2 Å². The predicted octanol–water partition coefficient (Wildman–Crippen LogP) is 6.81. The summed E-state index contributed by atoms with van der Waals surface area (Å²) < 4.78 is 13.5. The van der Waals surface area contributed by atoms with Crippen molar-refractivity contribution in [1.82, 2.24) is 4.98 Å². The highest BCUT2D eigenvalue weighted by Gasteiger charge is 2.52. The smallest absolute Gasteiger partial charge is 0.178 e. The average molecular weight is 488 g/mol. The first-order valence-electron chi connectivity index (χ1n) is 12.3. The first-order valence-corrected chi connectivity index (χ1v) is 14.3. The average Bonchev–Trinajstić information content (AvgIpc) is 2.89. The molecule has 0 aliphatic heterocycles. The predicted molar refractivity (Wildman–Crippen MR) is 154 cm³/mol. The maximum atomic E-state index is 13.5. The van der Waals surface area contributed by atoms with Gasteiger partial charge in [0.05, 0.1) is 0 Å². The molecular formula is C33H30FNSi. The molecule has 5 aromatic rings. The molecule has 0 saturated heterocycles. The highest BCUT2D eigenvalue weighted by Crippen LogP contribution is 2.37. The quantitative estimate of drug-likeness (QED) is 0.196. The van der Waals surface area contributed by atoms with Crippen LogP contribution in [0.3, 0.4) is 0 Å². The van der Waals surface area contributed by atoms with E-state index in [0.717, 1.165) is 5.56 Å². The second kappa shape index (κ2) is 9.67. The Balaban J connectivity index is 1.85. The van der Waals surface area contributed by atoms with E-state index < -0.39 is 8.07 Å². The molecule has 0 radical (unpaired) electrons. The number of benzene rings is 4. The molecule has 178 valence electrons. The number of pyridine rings is 1. The number of aromatic nitrogens is 1. The summed E-state index contributed by atoms with van der Waals surface area (Å²) in [5.74, 6) is -0.224. The lowest BCUT2D eigenvalue weighted by molar-refractivity contribution is 0.628. The zero-order valence-corrected chi connectivity index (χ0v) is 21.9. The second-order valence-electron chi connectivity index (χ2n) is 10.2. The van der Waals surface area contributed by atoms with Crippen LogP contribution in [0.4, 0.5) is 4.39 Å². The Morgan fingerprint density at radius 1 is 0.694 bits per heavy atom. The van der Waals surface area contributed by atoms with Gasteiger partial charge in [0.15, 0.2) is 8.07 Å². The van der Waals surface area contributed by atoms with Crippen molar-refractivity contribution < 1.29 is 4.39 Å². The van der Waals surface area contributed by atoms with E-state index in [9.17, 15) is 4.39 Å². The van der Waals surface area contributed by atoms with Gasteiger partial charge in [-0.2, -0.15) is 0 Å².